The number of aromatic nitrogens is 3. The lowest BCUT2D eigenvalue weighted by atomic mass is 10.0. The van der Waals surface area contributed by atoms with Gasteiger partial charge in [-0.3, -0.25) is 4.79 Å². The van der Waals surface area contributed by atoms with E-state index < -0.39 is 0 Å². The molecule has 1 aliphatic carbocycles. The van der Waals surface area contributed by atoms with Crippen LogP contribution in [-0.4, -0.2) is 26.6 Å². The Labute approximate surface area is 202 Å². The molecule has 0 spiro atoms. The van der Waals surface area contributed by atoms with Crippen molar-refractivity contribution < 1.29 is 4.79 Å². The summed E-state index contributed by atoms with van der Waals surface area (Å²) in [6, 6.07) is 14.5. The van der Waals surface area contributed by atoms with Gasteiger partial charge >= 0.3 is 0 Å². The van der Waals surface area contributed by atoms with Crippen LogP contribution in [0.2, 0.25) is 0 Å². The predicted molar refractivity (Wildman–Crippen MR) is 137 cm³/mol. The monoisotopic (exact) mass is 474 g/mol. The van der Waals surface area contributed by atoms with Gasteiger partial charge in [-0.1, -0.05) is 48.5 Å². The van der Waals surface area contributed by atoms with Gasteiger partial charge in [0.05, 0.1) is 17.0 Å². The molecule has 2 aromatic heterocycles. The second-order valence-electron chi connectivity index (χ2n) is 8.36. The van der Waals surface area contributed by atoms with Crippen LogP contribution in [0.3, 0.4) is 0 Å². The van der Waals surface area contributed by atoms with Gasteiger partial charge < -0.3 is 5.32 Å². The maximum absolute atomic E-state index is 12.7. The summed E-state index contributed by atoms with van der Waals surface area (Å²) in [7, 11) is 0. The molecule has 1 N–H and O–H groups in total. The largest absolute Gasteiger partial charge is 0.301 e. The summed E-state index contributed by atoms with van der Waals surface area (Å²) in [5.74, 6) is 0.910. The lowest BCUT2D eigenvalue weighted by Gasteiger charge is -2.10. The van der Waals surface area contributed by atoms with E-state index in [-0.39, 0.29) is 11.7 Å². The fourth-order valence-corrected chi connectivity index (χ4v) is 5.96. The Bertz CT molecular complexity index is 1310. The van der Waals surface area contributed by atoms with Gasteiger partial charge in [0.2, 0.25) is 5.91 Å². The number of nitrogens with one attached hydrogen (secondary N) is 1. The van der Waals surface area contributed by atoms with Gasteiger partial charge in [0.1, 0.15) is 5.03 Å². The zero-order chi connectivity index (χ0) is 22.8. The quantitative estimate of drug-likeness (QED) is 0.265. The number of thiazole rings is 1. The van der Waals surface area contributed by atoms with E-state index in [1.165, 1.54) is 35.0 Å². The first-order valence-corrected chi connectivity index (χ1v) is 13.2. The Morgan fingerprint density at radius 3 is 2.79 bits per heavy atom. The van der Waals surface area contributed by atoms with Crippen molar-refractivity contribution in [1.82, 2.24) is 15.0 Å². The molecule has 5 nitrogen and oxygen atoms in total. The molecular formula is C26H26N4OS2. The van der Waals surface area contributed by atoms with Crippen molar-refractivity contribution in [1.29, 1.82) is 0 Å². The first-order valence-electron chi connectivity index (χ1n) is 11.4. The van der Waals surface area contributed by atoms with E-state index >= 15 is 0 Å². The van der Waals surface area contributed by atoms with Gasteiger partial charge in [0.15, 0.2) is 11.0 Å². The molecule has 1 amide bonds. The van der Waals surface area contributed by atoms with Crippen LogP contribution >= 0.6 is 23.1 Å². The number of hydrogen-bond donors (Lipinski definition) is 1. The highest BCUT2D eigenvalue weighted by atomic mass is 32.2. The van der Waals surface area contributed by atoms with Gasteiger partial charge in [-0.15, -0.1) is 11.3 Å². The van der Waals surface area contributed by atoms with Crippen LogP contribution in [0.1, 0.15) is 41.5 Å². The molecule has 168 valence electrons. The van der Waals surface area contributed by atoms with Crippen LogP contribution in [-0.2, 0) is 24.1 Å². The summed E-state index contributed by atoms with van der Waals surface area (Å²) in [4.78, 5) is 28.4. The van der Waals surface area contributed by atoms with Crippen molar-refractivity contribution in [3.63, 3.8) is 0 Å². The van der Waals surface area contributed by atoms with Gasteiger partial charge in [-0.2, -0.15) is 0 Å². The Hall–Kier alpha value is -2.77. The molecule has 33 heavy (non-hydrogen) atoms. The van der Waals surface area contributed by atoms with Crippen LogP contribution < -0.4 is 5.32 Å². The molecule has 2 heterocycles. The average molecular weight is 475 g/mol. The minimum atomic E-state index is -0.0541. The Morgan fingerprint density at radius 2 is 1.97 bits per heavy atom. The molecule has 0 atom stereocenters. The number of carbonyl (C=O) groups is 1. The molecule has 0 bridgehead atoms. The first kappa shape index (κ1) is 22.0. The maximum atomic E-state index is 12.7. The number of fused-ring (bicyclic) bond motifs is 2. The number of benzene rings is 2. The molecular weight excluding hydrogens is 448 g/mol. The molecule has 0 saturated carbocycles. The fourth-order valence-electron chi connectivity index (χ4n) is 4.09. The van der Waals surface area contributed by atoms with E-state index in [4.69, 9.17) is 9.97 Å². The third-order valence-corrected chi connectivity index (χ3v) is 7.91. The normalized spacial score (nSPS) is 13.2. The molecule has 0 saturated heterocycles. The van der Waals surface area contributed by atoms with E-state index in [0.717, 1.165) is 52.0 Å². The highest BCUT2D eigenvalue weighted by Crippen LogP contribution is 2.31. The van der Waals surface area contributed by atoms with Crippen LogP contribution in [0.5, 0.6) is 0 Å². The Kier molecular flexibility index (Phi) is 6.42. The maximum Gasteiger partial charge on any atom is 0.236 e. The number of thioether (sulfide) groups is 1. The number of anilines is 1. The lowest BCUT2D eigenvalue weighted by Crippen LogP contribution is -2.14. The van der Waals surface area contributed by atoms with Crippen molar-refractivity contribution >= 4 is 45.0 Å². The Balaban J connectivity index is 1.40. The topological polar surface area (TPSA) is 67.8 Å². The highest BCUT2D eigenvalue weighted by Gasteiger charge is 2.17. The van der Waals surface area contributed by atoms with Crippen LogP contribution in [0.4, 0.5) is 5.13 Å². The molecule has 0 fully saturated rings. The summed E-state index contributed by atoms with van der Waals surface area (Å²) >= 11 is 3.07. The molecule has 0 radical (unpaired) electrons. The molecule has 2 aromatic carbocycles. The number of amides is 1. The van der Waals surface area contributed by atoms with Crippen LogP contribution in [0, 0.1) is 6.92 Å². The number of aryl methyl sites for hydroxylation is 4. The van der Waals surface area contributed by atoms with E-state index in [0.29, 0.717) is 11.0 Å². The third-order valence-electron chi connectivity index (χ3n) is 5.84. The SMILES string of the molecule is CCc1ccc2nc(-c3cccc(C)c3)nc(SCC(=O)Nc3nc4c(s3)CCCC4)c2c1. The number of carbonyl (C=O) groups excluding carboxylic acids is 1. The molecule has 4 aromatic rings. The zero-order valence-corrected chi connectivity index (χ0v) is 20.5. The van der Waals surface area contributed by atoms with E-state index in [1.54, 1.807) is 11.3 Å². The minimum Gasteiger partial charge on any atom is -0.301 e. The van der Waals surface area contributed by atoms with Crippen molar-refractivity contribution in [2.24, 2.45) is 0 Å². The lowest BCUT2D eigenvalue weighted by molar-refractivity contribution is -0.113. The minimum absolute atomic E-state index is 0.0541. The number of hydrogen-bond acceptors (Lipinski definition) is 6. The third kappa shape index (κ3) is 4.94. The summed E-state index contributed by atoms with van der Waals surface area (Å²) in [5, 5.41) is 5.54. The van der Waals surface area contributed by atoms with Crippen molar-refractivity contribution in [3.05, 3.63) is 64.2 Å². The zero-order valence-electron chi connectivity index (χ0n) is 18.9. The van der Waals surface area contributed by atoms with Crippen LogP contribution in [0.25, 0.3) is 22.3 Å². The average Bonchev–Trinajstić information content (AvgIpc) is 3.24. The highest BCUT2D eigenvalue weighted by molar-refractivity contribution is 8.00. The second kappa shape index (κ2) is 9.61. The van der Waals surface area contributed by atoms with Crippen molar-refractivity contribution in [2.75, 3.05) is 11.1 Å². The molecule has 5 rings (SSSR count). The first-order chi connectivity index (χ1) is 16.1. The van der Waals surface area contributed by atoms with E-state index in [1.807, 2.05) is 12.1 Å². The van der Waals surface area contributed by atoms with Gasteiger partial charge in [-0.25, -0.2) is 15.0 Å². The molecule has 1 aliphatic rings. The van der Waals surface area contributed by atoms with Gasteiger partial charge in [0.25, 0.3) is 0 Å². The fraction of sp³-hybridized carbons (Fsp3) is 0.308. The summed E-state index contributed by atoms with van der Waals surface area (Å²) in [6.45, 7) is 4.20. The summed E-state index contributed by atoms with van der Waals surface area (Å²) in [5.41, 5.74) is 5.43. The van der Waals surface area contributed by atoms with Crippen LogP contribution in [0.15, 0.2) is 47.5 Å². The summed E-state index contributed by atoms with van der Waals surface area (Å²) < 4.78 is 0. The van der Waals surface area contributed by atoms with Crippen molar-refractivity contribution in [3.8, 4) is 11.4 Å². The molecule has 0 unspecified atom stereocenters. The second-order valence-corrected chi connectivity index (χ2v) is 10.4. The molecule has 0 aliphatic heterocycles. The smallest absolute Gasteiger partial charge is 0.236 e. The summed E-state index contributed by atoms with van der Waals surface area (Å²) in [6.07, 6.45) is 5.43. The number of rotatable bonds is 6. The Morgan fingerprint density at radius 1 is 1.09 bits per heavy atom. The van der Waals surface area contributed by atoms with E-state index in [2.05, 4.69) is 54.5 Å². The standard InChI is InChI=1S/C26H26N4OS2/c1-3-17-11-12-20-19(14-17)25(30-24(27-20)18-8-6-7-16(2)13-18)32-15-23(31)29-26-28-21-9-4-5-10-22(21)33-26/h6-8,11-14H,3-5,9-10,15H2,1-2H3,(H,28,29,31). The predicted octanol–water partition coefficient (Wildman–Crippen LogP) is 6.23. The number of nitrogens with zero attached hydrogens (tertiary/aromatic N) is 3. The van der Waals surface area contributed by atoms with Crippen molar-refractivity contribution in [2.45, 2.75) is 51.0 Å². The van der Waals surface area contributed by atoms with E-state index in [9.17, 15) is 4.79 Å². The molecule has 7 heteroatoms. The van der Waals surface area contributed by atoms with Gasteiger partial charge in [0, 0.05) is 15.8 Å². The van der Waals surface area contributed by atoms with Gasteiger partial charge in [-0.05, 0) is 62.8 Å².